The van der Waals surface area contributed by atoms with Gasteiger partial charge >= 0.3 is 5.97 Å². The largest absolute Gasteiger partial charge is 0.481 e. The highest BCUT2D eigenvalue weighted by Gasteiger charge is 2.40. The number of aliphatic carboxylic acids is 1. The highest BCUT2D eigenvalue weighted by Crippen LogP contribution is 2.32. The highest BCUT2D eigenvalue weighted by atomic mass is 16.4. The molecule has 0 aromatic carbocycles. The number of hydrogen-bond acceptors (Lipinski definition) is 3. The molecule has 1 N–H and O–H groups in total. The molecule has 1 aliphatic heterocycles. The van der Waals surface area contributed by atoms with E-state index in [1.807, 2.05) is 0 Å². The third-order valence-corrected chi connectivity index (χ3v) is 4.65. The first-order valence-corrected chi connectivity index (χ1v) is 6.69. The van der Waals surface area contributed by atoms with Crippen molar-refractivity contribution in [2.24, 2.45) is 5.92 Å². The number of likely N-dealkylation sites (N-methyl/N-ethyl adjacent to an activating group) is 1. The SMILES string of the molecule is CC1CN(C2CCCC2C(=O)O)CC(C)N1C. The molecule has 0 bridgehead atoms. The molecular formula is C13H24N2O2. The number of hydrogen-bond donors (Lipinski definition) is 1. The first kappa shape index (κ1) is 12.8. The second-order valence-electron chi connectivity index (χ2n) is 5.76. The van der Waals surface area contributed by atoms with Crippen molar-refractivity contribution in [2.75, 3.05) is 20.1 Å². The third-order valence-electron chi connectivity index (χ3n) is 4.65. The Balaban J connectivity index is 2.05. The predicted octanol–water partition coefficient (Wildman–Crippen LogP) is 1.26. The molecule has 4 heteroatoms. The molecule has 2 rings (SSSR count). The minimum atomic E-state index is -0.605. The van der Waals surface area contributed by atoms with E-state index in [1.54, 1.807) is 0 Å². The lowest BCUT2D eigenvalue weighted by Crippen LogP contribution is -2.58. The van der Waals surface area contributed by atoms with Crippen molar-refractivity contribution in [2.45, 2.75) is 51.2 Å². The zero-order valence-electron chi connectivity index (χ0n) is 11.1. The summed E-state index contributed by atoms with van der Waals surface area (Å²) in [4.78, 5) is 16.1. The van der Waals surface area contributed by atoms with Gasteiger partial charge in [0.2, 0.25) is 0 Å². The quantitative estimate of drug-likeness (QED) is 0.789. The Morgan fingerprint density at radius 2 is 1.76 bits per heavy atom. The van der Waals surface area contributed by atoms with Crippen LogP contribution in [-0.2, 0) is 4.79 Å². The van der Waals surface area contributed by atoms with Gasteiger partial charge < -0.3 is 5.11 Å². The molecule has 1 heterocycles. The van der Waals surface area contributed by atoms with Gasteiger partial charge in [0.05, 0.1) is 5.92 Å². The molecule has 1 saturated heterocycles. The van der Waals surface area contributed by atoms with Gasteiger partial charge in [0.1, 0.15) is 0 Å². The summed E-state index contributed by atoms with van der Waals surface area (Å²) in [5, 5.41) is 9.26. The fourth-order valence-corrected chi connectivity index (χ4v) is 3.38. The van der Waals surface area contributed by atoms with Crippen LogP contribution >= 0.6 is 0 Å². The van der Waals surface area contributed by atoms with E-state index in [9.17, 15) is 9.90 Å². The van der Waals surface area contributed by atoms with Crippen LogP contribution in [0.2, 0.25) is 0 Å². The Bertz CT molecular complexity index is 283. The first-order valence-electron chi connectivity index (χ1n) is 6.69. The maximum Gasteiger partial charge on any atom is 0.308 e. The molecule has 4 nitrogen and oxygen atoms in total. The van der Waals surface area contributed by atoms with E-state index >= 15 is 0 Å². The molecule has 0 aromatic heterocycles. The number of carboxylic acids is 1. The van der Waals surface area contributed by atoms with Crippen molar-refractivity contribution in [3.05, 3.63) is 0 Å². The average Bonchev–Trinajstić information content (AvgIpc) is 2.74. The lowest BCUT2D eigenvalue weighted by atomic mass is 9.99. The molecule has 1 aliphatic carbocycles. The minimum Gasteiger partial charge on any atom is -0.481 e. The molecule has 0 radical (unpaired) electrons. The summed E-state index contributed by atoms with van der Waals surface area (Å²) in [6.45, 7) is 6.48. The summed E-state index contributed by atoms with van der Waals surface area (Å²) in [7, 11) is 2.16. The molecule has 1 saturated carbocycles. The third kappa shape index (κ3) is 2.47. The van der Waals surface area contributed by atoms with Crippen molar-refractivity contribution >= 4 is 5.97 Å². The Hall–Kier alpha value is -0.610. The van der Waals surface area contributed by atoms with Crippen LogP contribution in [0.15, 0.2) is 0 Å². The van der Waals surface area contributed by atoms with Crippen molar-refractivity contribution < 1.29 is 9.90 Å². The van der Waals surface area contributed by atoms with Crippen molar-refractivity contribution in [1.29, 1.82) is 0 Å². The Morgan fingerprint density at radius 3 is 2.29 bits per heavy atom. The van der Waals surface area contributed by atoms with E-state index in [0.29, 0.717) is 12.1 Å². The van der Waals surface area contributed by atoms with E-state index in [4.69, 9.17) is 0 Å². The molecule has 0 aromatic rings. The zero-order valence-corrected chi connectivity index (χ0v) is 11.1. The van der Waals surface area contributed by atoms with Gasteiger partial charge in [-0.15, -0.1) is 0 Å². The maximum atomic E-state index is 11.2. The van der Waals surface area contributed by atoms with Crippen molar-refractivity contribution in [1.82, 2.24) is 9.80 Å². The molecule has 98 valence electrons. The normalized spacial score (nSPS) is 40.6. The number of carbonyl (C=O) groups is 1. The van der Waals surface area contributed by atoms with Crippen LogP contribution in [0, 0.1) is 5.92 Å². The molecule has 2 aliphatic rings. The summed E-state index contributed by atoms with van der Waals surface area (Å²) < 4.78 is 0. The second-order valence-corrected chi connectivity index (χ2v) is 5.76. The number of rotatable bonds is 2. The van der Waals surface area contributed by atoms with Crippen LogP contribution in [0.4, 0.5) is 0 Å². The lowest BCUT2D eigenvalue weighted by Gasteiger charge is -2.45. The zero-order chi connectivity index (χ0) is 12.6. The molecule has 0 spiro atoms. The van der Waals surface area contributed by atoms with E-state index in [0.717, 1.165) is 32.4 Å². The van der Waals surface area contributed by atoms with Crippen LogP contribution in [-0.4, -0.2) is 59.1 Å². The average molecular weight is 240 g/mol. The first-order chi connectivity index (χ1) is 8.00. The van der Waals surface area contributed by atoms with Gasteiger partial charge in [0.25, 0.3) is 0 Å². The van der Waals surface area contributed by atoms with Gasteiger partial charge in [-0.25, -0.2) is 0 Å². The minimum absolute atomic E-state index is 0.141. The van der Waals surface area contributed by atoms with Gasteiger partial charge in [-0.3, -0.25) is 14.6 Å². The fraction of sp³-hybridized carbons (Fsp3) is 0.923. The van der Waals surface area contributed by atoms with Gasteiger partial charge in [0, 0.05) is 31.2 Å². The van der Waals surface area contributed by atoms with Gasteiger partial charge in [0.15, 0.2) is 0 Å². The molecule has 0 amide bonds. The summed E-state index contributed by atoms with van der Waals surface area (Å²) >= 11 is 0. The van der Waals surface area contributed by atoms with Gasteiger partial charge in [-0.05, 0) is 33.7 Å². The molecule has 4 atom stereocenters. The Labute approximate surface area is 104 Å². The highest BCUT2D eigenvalue weighted by molar-refractivity contribution is 5.71. The van der Waals surface area contributed by atoms with Crippen LogP contribution in [0.1, 0.15) is 33.1 Å². The topological polar surface area (TPSA) is 43.8 Å². The number of nitrogens with zero attached hydrogens (tertiary/aromatic N) is 2. The van der Waals surface area contributed by atoms with Gasteiger partial charge in [-0.1, -0.05) is 6.42 Å². The van der Waals surface area contributed by atoms with Crippen LogP contribution < -0.4 is 0 Å². The maximum absolute atomic E-state index is 11.2. The Kier molecular flexibility index (Phi) is 3.73. The van der Waals surface area contributed by atoms with Crippen molar-refractivity contribution in [3.63, 3.8) is 0 Å². The molecular weight excluding hydrogens is 216 g/mol. The van der Waals surface area contributed by atoms with Crippen molar-refractivity contribution in [3.8, 4) is 0 Å². The van der Waals surface area contributed by atoms with Crippen LogP contribution in [0.3, 0.4) is 0 Å². The standard InChI is InChI=1S/C13H24N2O2/c1-9-7-15(8-10(2)14(9)3)12-6-4-5-11(12)13(16)17/h9-12H,4-8H2,1-3H3,(H,16,17). The molecule has 17 heavy (non-hydrogen) atoms. The number of carboxylic acid groups (broad SMARTS) is 1. The predicted molar refractivity (Wildman–Crippen MR) is 67.0 cm³/mol. The summed E-state index contributed by atoms with van der Waals surface area (Å²) in [6.07, 6.45) is 2.98. The summed E-state index contributed by atoms with van der Waals surface area (Å²) in [5.41, 5.74) is 0. The van der Waals surface area contributed by atoms with Crippen LogP contribution in [0.25, 0.3) is 0 Å². The Morgan fingerprint density at radius 1 is 1.18 bits per heavy atom. The fourth-order valence-electron chi connectivity index (χ4n) is 3.38. The summed E-state index contributed by atoms with van der Waals surface area (Å²) in [5.74, 6) is -0.746. The van der Waals surface area contributed by atoms with Gasteiger partial charge in [-0.2, -0.15) is 0 Å². The molecule has 4 unspecified atom stereocenters. The molecule has 2 fully saturated rings. The lowest BCUT2D eigenvalue weighted by molar-refractivity contribution is -0.144. The number of piperazine rings is 1. The van der Waals surface area contributed by atoms with E-state index in [1.165, 1.54) is 0 Å². The monoisotopic (exact) mass is 240 g/mol. The summed E-state index contributed by atoms with van der Waals surface area (Å²) in [6, 6.07) is 1.31. The van der Waals surface area contributed by atoms with Crippen LogP contribution in [0.5, 0.6) is 0 Å². The van der Waals surface area contributed by atoms with E-state index < -0.39 is 5.97 Å². The van der Waals surface area contributed by atoms with E-state index in [2.05, 4.69) is 30.7 Å². The smallest absolute Gasteiger partial charge is 0.308 e. The second kappa shape index (κ2) is 4.94. The van der Waals surface area contributed by atoms with E-state index in [-0.39, 0.29) is 12.0 Å².